The van der Waals surface area contributed by atoms with Gasteiger partial charge in [0.05, 0.1) is 22.3 Å². The highest BCUT2D eigenvalue weighted by atomic mass is 35.5. The second-order valence-corrected chi connectivity index (χ2v) is 4.57. The topological polar surface area (TPSA) is 60.9 Å². The van der Waals surface area contributed by atoms with E-state index in [2.05, 4.69) is 4.98 Å². The number of fused-ring (bicyclic) bond motifs is 1. The molecule has 94 valence electrons. The van der Waals surface area contributed by atoms with Gasteiger partial charge in [0.15, 0.2) is 0 Å². The zero-order chi connectivity index (χ0) is 13.4. The summed E-state index contributed by atoms with van der Waals surface area (Å²) in [6.07, 6.45) is 1.66. The van der Waals surface area contributed by atoms with Gasteiger partial charge in [0, 0.05) is 5.02 Å². The molecule has 0 aliphatic heterocycles. The van der Waals surface area contributed by atoms with Crippen LogP contribution in [-0.4, -0.2) is 15.5 Å². The van der Waals surface area contributed by atoms with Crippen LogP contribution in [0.1, 0.15) is 10.4 Å². The Morgan fingerprint density at radius 2 is 2.00 bits per heavy atom. The highest BCUT2D eigenvalue weighted by Gasteiger charge is 2.12. The van der Waals surface area contributed by atoms with E-state index in [0.717, 1.165) is 11.0 Å². The molecule has 2 aromatic carbocycles. The molecule has 0 saturated heterocycles. The second-order valence-electron chi connectivity index (χ2n) is 4.13. The van der Waals surface area contributed by atoms with Gasteiger partial charge in [0.1, 0.15) is 6.33 Å². The lowest BCUT2D eigenvalue weighted by molar-refractivity contribution is 0.100. The first-order valence-corrected chi connectivity index (χ1v) is 6.06. The molecule has 0 atom stereocenters. The summed E-state index contributed by atoms with van der Waals surface area (Å²) >= 11 is 6.00. The molecule has 0 fully saturated rings. The number of carbonyl (C=O) groups is 1. The Morgan fingerprint density at radius 1 is 1.21 bits per heavy atom. The number of nitrogens with zero attached hydrogens (tertiary/aromatic N) is 2. The summed E-state index contributed by atoms with van der Waals surface area (Å²) in [5.74, 6) is -0.496. The fourth-order valence-electron chi connectivity index (χ4n) is 2.06. The van der Waals surface area contributed by atoms with E-state index in [1.54, 1.807) is 29.1 Å². The van der Waals surface area contributed by atoms with Crippen LogP contribution in [0.4, 0.5) is 0 Å². The van der Waals surface area contributed by atoms with Crippen LogP contribution >= 0.6 is 11.6 Å². The maximum Gasteiger partial charge on any atom is 0.250 e. The van der Waals surface area contributed by atoms with Crippen molar-refractivity contribution in [2.24, 2.45) is 5.73 Å². The van der Waals surface area contributed by atoms with E-state index in [9.17, 15) is 4.79 Å². The Morgan fingerprint density at radius 3 is 2.79 bits per heavy atom. The number of halogens is 1. The van der Waals surface area contributed by atoms with E-state index in [0.29, 0.717) is 16.3 Å². The third kappa shape index (κ3) is 1.96. The van der Waals surface area contributed by atoms with Crippen molar-refractivity contribution in [2.75, 3.05) is 0 Å². The Labute approximate surface area is 114 Å². The van der Waals surface area contributed by atoms with Gasteiger partial charge in [-0.05, 0) is 30.3 Å². The number of para-hydroxylation sites is 2. The van der Waals surface area contributed by atoms with Crippen LogP contribution in [0.5, 0.6) is 0 Å². The molecule has 19 heavy (non-hydrogen) atoms. The van der Waals surface area contributed by atoms with Crippen molar-refractivity contribution in [3.05, 3.63) is 59.4 Å². The Hall–Kier alpha value is -2.33. The van der Waals surface area contributed by atoms with Gasteiger partial charge in [-0.1, -0.05) is 23.7 Å². The van der Waals surface area contributed by atoms with Crippen LogP contribution in [0.25, 0.3) is 16.7 Å². The largest absolute Gasteiger partial charge is 0.366 e. The highest BCUT2D eigenvalue weighted by Crippen LogP contribution is 2.24. The van der Waals surface area contributed by atoms with Crippen LogP contribution in [0.15, 0.2) is 48.8 Å². The highest BCUT2D eigenvalue weighted by molar-refractivity contribution is 6.31. The molecular formula is C14H10ClN3O. The van der Waals surface area contributed by atoms with E-state index in [1.807, 2.05) is 24.3 Å². The van der Waals surface area contributed by atoms with Crippen molar-refractivity contribution < 1.29 is 4.79 Å². The zero-order valence-corrected chi connectivity index (χ0v) is 10.6. The SMILES string of the molecule is NC(=O)c1ccc(Cl)cc1-n1cnc2ccccc21. The molecule has 1 heterocycles. The number of imidazole rings is 1. The number of amides is 1. The minimum absolute atomic E-state index is 0.410. The van der Waals surface area contributed by atoms with Gasteiger partial charge in [-0.3, -0.25) is 9.36 Å². The zero-order valence-electron chi connectivity index (χ0n) is 9.88. The normalized spacial score (nSPS) is 10.8. The van der Waals surface area contributed by atoms with Crippen molar-refractivity contribution in [3.8, 4) is 5.69 Å². The predicted octanol–water partition coefficient (Wildman–Crippen LogP) is 2.78. The first-order chi connectivity index (χ1) is 9.16. The third-order valence-corrected chi connectivity index (χ3v) is 3.17. The van der Waals surface area contributed by atoms with Gasteiger partial charge in [0.25, 0.3) is 5.91 Å². The van der Waals surface area contributed by atoms with E-state index < -0.39 is 5.91 Å². The third-order valence-electron chi connectivity index (χ3n) is 2.94. The summed E-state index contributed by atoms with van der Waals surface area (Å²) < 4.78 is 1.81. The molecule has 0 bridgehead atoms. The van der Waals surface area contributed by atoms with Gasteiger partial charge in [-0.25, -0.2) is 4.98 Å². The predicted molar refractivity (Wildman–Crippen MR) is 74.6 cm³/mol. The maximum absolute atomic E-state index is 11.5. The number of aromatic nitrogens is 2. The molecule has 3 rings (SSSR count). The van der Waals surface area contributed by atoms with E-state index in [1.165, 1.54) is 0 Å². The number of hydrogen-bond donors (Lipinski definition) is 1. The summed E-state index contributed by atoms with van der Waals surface area (Å²) in [4.78, 5) is 15.8. The molecule has 3 aromatic rings. The second kappa shape index (κ2) is 4.40. The number of nitrogens with two attached hydrogens (primary N) is 1. The fraction of sp³-hybridized carbons (Fsp3) is 0. The molecule has 1 aromatic heterocycles. The van der Waals surface area contributed by atoms with Crippen LogP contribution in [-0.2, 0) is 0 Å². The molecule has 5 heteroatoms. The summed E-state index contributed by atoms with van der Waals surface area (Å²) in [6.45, 7) is 0. The minimum atomic E-state index is -0.496. The Kier molecular flexibility index (Phi) is 2.72. The van der Waals surface area contributed by atoms with Crippen molar-refractivity contribution in [1.82, 2.24) is 9.55 Å². The van der Waals surface area contributed by atoms with Crippen molar-refractivity contribution in [1.29, 1.82) is 0 Å². The van der Waals surface area contributed by atoms with Crippen LogP contribution in [0.3, 0.4) is 0 Å². The smallest absolute Gasteiger partial charge is 0.250 e. The van der Waals surface area contributed by atoms with Crippen LogP contribution in [0, 0.1) is 0 Å². The van der Waals surface area contributed by atoms with Gasteiger partial charge < -0.3 is 5.73 Å². The quantitative estimate of drug-likeness (QED) is 0.779. The standard InChI is InChI=1S/C14H10ClN3O/c15-9-5-6-10(14(16)19)13(7-9)18-8-17-11-3-1-2-4-12(11)18/h1-8H,(H2,16,19). The van der Waals surface area contributed by atoms with E-state index >= 15 is 0 Å². The summed E-state index contributed by atoms with van der Waals surface area (Å²) in [7, 11) is 0. The first kappa shape index (κ1) is 11.7. The number of benzene rings is 2. The van der Waals surface area contributed by atoms with Crippen molar-refractivity contribution >= 4 is 28.5 Å². The average Bonchev–Trinajstić information content (AvgIpc) is 2.82. The van der Waals surface area contributed by atoms with Gasteiger partial charge in [0.2, 0.25) is 0 Å². The summed E-state index contributed by atoms with van der Waals surface area (Å²) in [5.41, 5.74) is 8.18. The summed E-state index contributed by atoms with van der Waals surface area (Å²) in [5, 5.41) is 0.540. The first-order valence-electron chi connectivity index (χ1n) is 5.68. The molecule has 1 amide bonds. The molecule has 0 aliphatic carbocycles. The Balaban J connectivity index is 2.32. The van der Waals surface area contributed by atoms with Gasteiger partial charge in [-0.15, -0.1) is 0 Å². The average molecular weight is 272 g/mol. The monoisotopic (exact) mass is 271 g/mol. The van der Waals surface area contributed by atoms with Crippen molar-refractivity contribution in [2.45, 2.75) is 0 Å². The van der Waals surface area contributed by atoms with E-state index in [4.69, 9.17) is 17.3 Å². The molecule has 2 N–H and O–H groups in total. The maximum atomic E-state index is 11.5. The number of carbonyl (C=O) groups excluding carboxylic acids is 1. The number of primary amides is 1. The number of hydrogen-bond acceptors (Lipinski definition) is 2. The lowest BCUT2D eigenvalue weighted by Crippen LogP contribution is -2.14. The lowest BCUT2D eigenvalue weighted by Gasteiger charge is -2.09. The fourth-order valence-corrected chi connectivity index (χ4v) is 2.23. The molecular weight excluding hydrogens is 262 g/mol. The lowest BCUT2D eigenvalue weighted by atomic mass is 10.1. The molecule has 4 nitrogen and oxygen atoms in total. The van der Waals surface area contributed by atoms with Gasteiger partial charge >= 0.3 is 0 Å². The molecule has 0 spiro atoms. The molecule has 0 saturated carbocycles. The molecule has 0 radical (unpaired) electrons. The number of rotatable bonds is 2. The van der Waals surface area contributed by atoms with Crippen molar-refractivity contribution in [3.63, 3.8) is 0 Å². The summed E-state index contributed by atoms with van der Waals surface area (Å²) in [6, 6.07) is 12.6. The molecule has 0 unspecified atom stereocenters. The van der Waals surface area contributed by atoms with E-state index in [-0.39, 0.29) is 0 Å². The molecule has 0 aliphatic rings. The van der Waals surface area contributed by atoms with Crippen LogP contribution < -0.4 is 5.73 Å². The van der Waals surface area contributed by atoms with Crippen LogP contribution in [0.2, 0.25) is 5.02 Å². The minimum Gasteiger partial charge on any atom is -0.366 e. The van der Waals surface area contributed by atoms with Gasteiger partial charge in [-0.2, -0.15) is 0 Å². The Bertz CT molecular complexity index is 779.